The predicted octanol–water partition coefficient (Wildman–Crippen LogP) is 1.98. The minimum atomic E-state index is 0.519. The number of aromatic nitrogens is 3. The maximum Gasteiger partial charge on any atom is 0.188 e. The third-order valence-corrected chi connectivity index (χ3v) is 3.79. The minimum Gasteiger partial charge on any atom is -0.316 e. The van der Waals surface area contributed by atoms with Crippen molar-refractivity contribution in [3.8, 4) is 0 Å². The van der Waals surface area contributed by atoms with E-state index in [1.54, 1.807) is 11.3 Å². The zero-order valence-corrected chi connectivity index (χ0v) is 11.2. The van der Waals surface area contributed by atoms with E-state index in [1.807, 2.05) is 25.3 Å². The van der Waals surface area contributed by atoms with E-state index in [4.69, 9.17) is 0 Å². The Hall–Kier alpha value is -1.53. The van der Waals surface area contributed by atoms with Crippen molar-refractivity contribution in [3.63, 3.8) is 0 Å². The SMILES string of the molecule is Cc1csc(Nc2cc(C3CNC3)nc(C)n2)n1. The van der Waals surface area contributed by atoms with Crippen LogP contribution in [0, 0.1) is 13.8 Å². The number of rotatable bonds is 3. The van der Waals surface area contributed by atoms with Crippen molar-refractivity contribution in [2.75, 3.05) is 18.4 Å². The molecule has 2 aromatic rings. The smallest absolute Gasteiger partial charge is 0.188 e. The molecule has 1 aliphatic rings. The van der Waals surface area contributed by atoms with E-state index in [0.29, 0.717) is 5.92 Å². The van der Waals surface area contributed by atoms with Gasteiger partial charge in [0.05, 0.1) is 11.4 Å². The molecule has 18 heavy (non-hydrogen) atoms. The van der Waals surface area contributed by atoms with Gasteiger partial charge in [-0.15, -0.1) is 11.3 Å². The van der Waals surface area contributed by atoms with Gasteiger partial charge in [-0.2, -0.15) is 0 Å². The summed E-state index contributed by atoms with van der Waals surface area (Å²) in [6, 6.07) is 2.02. The molecule has 1 fully saturated rings. The lowest BCUT2D eigenvalue weighted by Crippen LogP contribution is -2.40. The van der Waals surface area contributed by atoms with E-state index in [2.05, 4.69) is 25.6 Å². The first-order valence-corrected chi connectivity index (χ1v) is 6.84. The lowest BCUT2D eigenvalue weighted by molar-refractivity contribution is 0.438. The fourth-order valence-corrected chi connectivity index (χ4v) is 2.58. The highest BCUT2D eigenvalue weighted by Crippen LogP contribution is 2.23. The molecule has 1 saturated heterocycles. The van der Waals surface area contributed by atoms with Crippen LogP contribution in [0.1, 0.15) is 23.1 Å². The van der Waals surface area contributed by atoms with Gasteiger partial charge in [0.15, 0.2) is 5.13 Å². The zero-order chi connectivity index (χ0) is 12.5. The molecule has 94 valence electrons. The number of hydrogen-bond donors (Lipinski definition) is 2. The second kappa shape index (κ2) is 4.62. The van der Waals surface area contributed by atoms with Crippen LogP contribution in [0.4, 0.5) is 10.9 Å². The normalized spacial score (nSPS) is 15.4. The van der Waals surface area contributed by atoms with Gasteiger partial charge in [0.25, 0.3) is 0 Å². The van der Waals surface area contributed by atoms with Gasteiger partial charge in [0, 0.05) is 30.5 Å². The molecule has 0 saturated carbocycles. The summed E-state index contributed by atoms with van der Waals surface area (Å²) in [5, 5.41) is 9.40. The first kappa shape index (κ1) is 11.6. The summed E-state index contributed by atoms with van der Waals surface area (Å²) in [6.07, 6.45) is 0. The summed E-state index contributed by atoms with van der Waals surface area (Å²) in [4.78, 5) is 13.3. The molecule has 1 aliphatic heterocycles. The second-order valence-electron chi connectivity index (χ2n) is 4.50. The summed E-state index contributed by atoms with van der Waals surface area (Å²) < 4.78 is 0. The van der Waals surface area contributed by atoms with Crippen molar-refractivity contribution in [3.05, 3.63) is 28.7 Å². The Kier molecular flexibility index (Phi) is 2.97. The maximum absolute atomic E-state index is 4.49. The summed E-state index contributed by atoms with van der Waals surface area (Å²) in [5.74, 6) is 2.15. The van der Waals surface area contributed by atoms with Gasteiger partial charge >= 0.3 is 0 Å². The van der Waals surface area contributed by atoms with Crippen molar-refractivity contribution in [2.45, 2.75) is 19.8 Å². The van der Waals surface area contributed by atoms with E-state index in [9.17, 15) is 0 Å². The van der Waals surface area contributed by atoms with Gasteiger partial charge in [-0.05, 0) is 13.8 Å². The molecule has 0 unspecified atom stereocenters. The topological polar surface area (TPSA) is 62.7 Å². The van der Waals surface area contributed by atoms with Crippen LogP contribution < -0.4 is 10.6 Å². The zero-order valence-electron chi connectivity index (χ0n) is 10.4. The number of nitrogens with one attached hydrogen (secondary N) is 2. The van der Waals surface area contributed by atoms with E-state index < -0.39 is 0 Å². The molecule has 0 bridgehead atoms. The number of aryl methyl sites for hydroxylation is 2. The monoisotopic (exact) mass is 261 g/mol. The number of anilines is 2. The number of thiazole rings is 1. The molecule has 3 rings (SSSR count). The van der Waals surface area contributed by atoms with E-state index in [1.165, 1.54) is 0 Å². The van der Waals surface area contributed by atoms with E-state index in [0.717, 1.165) is 41.3 Å². The molecular weight excluding hydrogens is 246 g/mol. The molecule has 3 heterocycles. The van der Waals surface area contributed by atoms with Crippen LogP contribution in [-0.2, 0) is 0 Å². The van der Waals surface area contributed by atoms with Gasteiger partial charge < -0.3 is 10.6 Å². The highest BCUT2D eigenvalue weighted by Gasteiger charge is 2.21. The van der Waals surface area contributed by atoms with Crippen LogP contribution >= 0.6 is 11.3 Å². The average molecular weight is 261 g/mol. The maximum atomic E-state index is 4.49. The number of hydrogen-bond acceptors (Lipinski definition) is 6. The third kappa shape index (κ3) is 2.34. The van der Waals surface area contributed by atoms with Crippen LogP contribution in [0.5, 0.6) is 0 Å². The van der Waals surface area contributed by atoms with E-state index >= 15 is 0 Å². The average Bonchev–Trinajstić information content (AvgIpc) is 2.60. The Bertz CT molecular complexity index is 561. The molecule has 0 atom stereocenters. The van der Waals surface area contributed by atoms with Crippen LogP contribution in [0.3, 0.4) is 0 Å². The largest absolute Gasteiger partial charge is 0.316 e. The quantitative estimate of drug-likeness (QED) is 0.884. The Morgan fingerprint density at radius 2 is 2.11 bits per heavy atom. The fraction of sp³-hybridized carbons (Fsp3) is 0.417. The highest BCUT2D eigenvalue weighted by molar-refractivity contribution is 7.13. The van der Waals surface area contributed by atoms with Gasteiger partial charge in [0.1, 0.15) is 11.6 Å². The van der Waals surface area contributed by atoms with Gasteiger partial charge in [-0.3, -0.25) is 0 Å². The van der Waals surface area contributed by atoms with Crippen LogP contribution in [-0.4, -0.2) is 28.0 Å². The van der Waals surface area contributed by atoms with E-state index in [-0.39, 0.29) is 0 Å². The first-order valence-electron chi connectivity index (χ1n) is 5.96. The van der Waals surface area contributed by atoms with Crippen molar-refractivity contribution in [1.29, 1.82) is 0 Å². The van der Waals surface area contributed by atoms with Gasteiger partial charge in [-0.25, -0.2) is 15.0 Å². The summed E-state index contributed by atoms with van der Waals surface area (Å²) >= 11 is 1.59. The lowest BCUT2D eigenvalue weighted by atomic mass is 9.99. The van der Waals surface area contributed by atoms with Crippen LogP contribution in [0.25, 0.3) is 0 Å². The first-order chi connectivity index (χ1) is 8.70. The fourth-order valence-electron chi connectivity index (χ4n) is 1.88. The summed E-state index contributed by atoms with van der Waals surface area (Å²) in [7, 11) is 0. The predicted molar refractivity (Wildman–Crippen MR) is 72.5 cm³/mol. The van der Waals surface area contributed by atoms with Crippen molar-refractivity contribution in [1.82, 2.24) is 20.3 Å². The molecule has 2 N–H and O–H groups in total. The van der Waals surface area contributed by atoms with Crippen LogP contribution in [0.15, 0.2) is 11.4 Å². The van der Waals surface area contributed by atoms with Crippen LogP contribution in [0.2, 0.25) is 0 Å². The minimum absolute atomic E-state index is 0.519. The molecule has 0 aromatic carbocycles. The van der Waals surface area contributed by atoms with Crippen molar-refractivity contribution < 1.29 is 0 Å². The lowest BCUT2D eigenvalue weighted by Gasteiger charge is -2.26. The van der Waals surface area contributed by atoms with Crippen molar-refractivity contribution in [2.24, 2.45) is 0 Å². The highest BCUT2D eigenvalue weighted by atomic mass is 32.1. The molecular formula is C12H15N5S. The Labute approximate surface area is 110 Å². The molecule has 5 nitrogen and oxygen atoms in total. The standard InChI is InChI=1S/C12H15N5S/c1-7-6-18-12(14-7)17-11-3-10(9-4-13-5-9)15-8(2)16-11/h3,6,9,13H,4-5H2,1-2H3,(H,14,15,16,17). The Morgan fingerprint density at radius 3 is 2.72 bits per heavy atom. The molecule has 0 aliphatic carbocycles. The molecule has 0 amide bonds. The van der Waals surface area contributed by atoms with Gasteiger partial charge in [0.2, 0.25) is 0 Å². The molecule has 0 radical (unpaired) electrons. The Balaban J connectivity index is 1.84. The molecule has 6 heteroatoms. The summed E-state index contributed by atoms with van der Waals surface area (Å²) in [5.41, 5.74) is 2.13. The van der Waals surface area contributed by atoms with Gasteiger partial charge in [-0.1, -0.05) is 0 Å². The molecule has 0 spiro atoms. The number of nitrogens with zero attached hydrogens (tertiary/aromatic N) is 3. The molecule has 2 aromatic heterocycles. The Morgan fingerprint density at radius 1 is 1.28 bits per heavy atom. The van der Waals surface area contributed by atoms with Crippen molar-refractivity contribution >= 4 is 22.3 Å². The summed E-state index contributed by atoms with van der Waals surface area (Å²) in [6.45, 7) is 5.92. The third-order valence-electron chi connectivity index (χ3n) is 2.91. The second-order valence-corrected chi connectivity index (χ2v) is 5.36.